The lowest BCUT2D eigenvalue weighted by Gasteiger charge is -2.30. The summed E-state index contributed by atoms with van der Waals surface area (Å²) >= 11 is 0. The number of hydrogen-bond acceptors (Lipinski definition) is 3. The number of aromatic nitrogens is 3. The van der Waals surface area contributed by atoms with Gasteiger partial charge in [-0.05, 0) is 81.5 Å². The normalized spacial score (nSPS) is 20.0. The van der Waals surface area contributed by atoms with Crippen molar-refractivity contribution in [2.24, 2.45) is 0 Å². The molecule has 4 nitrogen and oxygen atoms in total. The van der Waals surface area contributed by atoms with Crippen LogP contribution in [0.25, 0.3) is 70.8 Å². The average Bonchev–Trinajstić information content (AvgIpc) is 3.52. The van der Waals surface area contributed by atoms with E-state index in [1.165, 1.54) is 101 Å². The lowest BCUT2D eigenvalue weighted by atomic mass is 9.75. The Hall–Kier alpha value is -4.18. The van der Waals surface area contributed by atoms with E-state index in [4.69, 9.17) is 14.4 Å². The molecule has 0 radical (unpaired) electrons. The quantitative estimate of drug-likeness (QED) is 0.0905. The molecule has 8 aromatic rings. The van der Waals surface area contributed by atoms with Crippen molar-refractivity contribution in [2.45, 2.75) is 142 Å². The van der Waals surface area contributed by atoms with Crippen molar-refractivity contribution in [1.82, 2.24) is 14.4 Å². The third-order valence-corrected chi connectivity index (χ3v) is 13.8. The molecule has 0 unspecified atom stereocenters. The van der Waals surface area contributed by atoms with Crippen molar-refractivity contribution >= 4 is 70.8 Å². The van der Waals surface area contributed by atoms with Crippen LogP contribution in [0.1, 0.15) is 143 Å². The lowest BCUT2D eigenvalue weighted by Crippen LogP contribution is -2.24. The molecule has 0 bridgehead atoms. The first-order valence-electron chi connectivity index (χ1n) is 19.8. The highest BCUT2D eigenvalue weighted by Crippen LogP contribution is 2.54. The van der Waals surface area contributed by atoms with Gasteiger partial charge in [0.25, 0.3) is 0 Å². The van der Waals surface area contributed by atoms with E-state index in [2.05, 4.69) is 129 Å². The molecule has 0 N–H and O–H groups in total. The minimum Gasteiger partial charge on any atom is -0.455 e. The Kier molecular flexibility index (Phi) is 6.16. The highest BCUT2D eigenvalue weighted by Gasteiger charge is 2.41. The topological polar surface area (TPSA) is 43.3 Å². The predicted molar refractivity (Wildman–Crippen MR) is 220 cm³/mol. The summed E-state index contributed by atoms with van der Waals surface area (Å²) in [6.45, 7) is 26.4. The Labute approximate surface area is 307 Å². The first-order chi connectivity index (χ1) is 24.4. The molecule has 4 heteroatoms. The van der Waals surface area contributed by atoms with Crippen LogP contribution in [0, 0.1) is 0 Å². The summed E-state index contributed by atoms with van der Waals surface area (Å²) in [5, 5.41) is 10.2. The van der Waals surface area contributed by atoms with E-state index >= 15 is 0 Å². The van der Waals surface area contributed by atoms with E-state index in [9.17, 15) is 0 Å². The maximum Gasteiger partial charge on any atom is 0.145 e. The van der Waals surface area contributed by atoms with Gasteiger partial charge in [-0.2, -0.15) is 0 Å². The van der Waals surface area contributed by atoms with E-state index in [0.717, 1.165) is 36.8 Å². The zero-order chi connectivity index (χ0) is 36.5. The molecule has 10 rings (SSSR count). The maximum atomic E-state index is 7.33. The predicted octanol–water partition coefficient (Wildman–Crippen LogP) is 13.5. The Balaban J connectivity index is 1.53. The average molecular weight is 688 g/mol. The standard InChI is InChI=1S/C48H53N3O/c1-44(2,3)30-18-17-26-28-23-29-35-31(24-49-42-38(35)45(4,5)19-13-21-47(42,8)9)51-32-25-50-43-39(46(6,7)20-14-22-48(43,10)11)36(32)37(40(29)51)41(28)52-33-16-12-15-27(30)34(26)33/h12,15-18,23-25H,13-14,19-22H2,1-11H3. The number of pyridine rings is 2. The maximum absolute atomic E-state index is 7.33. The van der Waals surface area contributed by atoms with E-state index in [1.807, 2.05) is 0 Å². The molecule has 266 valence electrons. The molecule has 0 saturated carbocycles. The SMILES string of the molecule is CC(C)(C)c1ccc2c3cc4c5c6c(ncc5n5c7cnc8c(c7c(c3oc3cccc1c32)c45)C(C)(C)CCCC8(C)C)C(C)(C)CCCC6(C)C. The number of rotatable bonds is 0. The Bertz CT molecular complexity index is 2830. The zero-order valence-electron chi connectivity index (χ0n) is 33.1. The summed E-state index contributed by atoms with van der Waals surface area (Å²) in [5.41, 5.74) is 12.2. The molecule has 0 fully saturated rings. The molecular weight excluding hydrogens is 635 g/mol. The van der Waals surface area contributed by atoms with Crippen molar-refractivity contribution in [1.29, 1.82) is 0 Å². The molecule has 0 spiro atoms. The second-order valence-corrected chi connectivity index (χ2v) is 20.3. The summed E-state index contributed by atoms with van der Waals surface area (Å²) in [6.07, 6.45) is 11.3. The molecule has 52 heavy (non-hydrogen) atoms. The third kappa shape index (κ3) is 4.05. The molecule has 2 aliphatic carbocycles. The van der Waals surface area contributed by atoms with Crippen molar-refractivity contribution < 1.29 is 4.42 Å². The van der Waals surface area contributed by atoms with Gasteiger partial charge in [0, 0.05) is 37.8 Å². The fourth-order valence-electron chi connectivity index (χ4n) is 11.1. The number of hydrogen-bond donors (Lipinski definition) is 0. The summed E-state index contributed by atoms with van der Waals surface area (Å²) in [4.78, 5) is 10.9. The third-order valence-electron chi connectivity index (χ3n) is 13.8. The minimum atomic E-state index is -0.0497. The number of fused-ring (bicyclic) bond motifs is 13. The number of benzene rings is 3. The molecule has 2 aliphatic rings. The molecule has 3 aromatic carbocycles. The van der Waals surface area contributed by atoms with Crippen LogP contribution in [0.2, 0.25) is 0 Å². The second-order valence-electron chi connectivity index (χ2n) is 20.3. The smallest absolute Gasteiger partial charge is 0.145 e. The zero-order valence-corrected chi connectivity index (χ0v) is 33.1. The van der Waals surface area contributed by atoms with Gasteiger partial charge in [0.2, 0.25) is 0 Å². The fourth-order valence-corrected chi connectivity index (χ4v) is 11.1. The van der Waals surface area contributed by atoms with Crippen molar-refractivity contribution in [3.63, 3.8) is 0 Å². The highest BCUT2D eigenvalue weighted by atomic mass is 16.3. The Morgan fingerprint density at radius 3 is 1.79 bits per heavy atom. The van der Waals surface area contributed by atoms with Gasteiger partial charge in [0.05, 0.1) is 45.7 Å². The minimum absolute atomic E-state index is 0.00371. The number of nitrogens with zero attached hydrogens (tertiary/aromatic N) is 3. The van der Waals surface area contributed by atoms with Crippen LogP contribution in [0.5, 0.6) is 0 Å². The van der Waals surface area contributed by atoms with Gasteiger partial charge < -0.3 is 8.82 Å². The fraction of sp³-hybridized carbons (Fsp3) is 0.458. The van der Waals surface area contributed by atoms with Gasteiger partial charge in [-0.15, -0.1) is 0 Å². The molecule has 5 heterocycles. The van der Waals surface area contributed by atoms with Gasteiger partial charge in [-0.1, -0.05) is 113 Å². The van der Waals surface area contributed by atoms with Gasteiger partial charge in [0.15, 0.2) is 0 Å². The van der Waals surface area contributed by atoms with Crippen LogP contribution < -0.4 is 0 Å². The van der Waals surface area contributed by atoms with E-state index < -0.39 is 0 Å². The second kappa shape index (κ2) is 9.87. The first kappa shape index (κ1) is 32.5. The summed E-state index contributed by atoms with van der Waals surface area (Å²) < 4.78 is 9.86. The largest absolute Gasteiger partial charge is 0.455 e. The van der Waals surface area contributed by atoms with Crippen LogP contribution in [0.15, 0.2) is 53.2 Å². The van der Waals surface area contributed by atoms with Gasteiger partial charge in [-0.25, -0.2) is 0 Å². The van der Waals surface area contributed by atoms with E-state index in [1.54, 1.807) is 0 Å². The van der Waals surface area contributed by atoms with E-state index in [0.29, 0.717) is 0 Å². The van der Waals surface area contributed by atoms with Crippen molar-refractivity contribution in [3.05, 3.63) is 76.9 Å². The Morgan fingerprint density at radius 2 is 1.17 bits per heavy atom. The molecule has 0 aliphatic heterocycles. The van der Waals surface area contributed by atoms with Gasteiger partial charge >= 0.3 is 0 Å². The van der Waals surface area contributed by atoms with Crippen LogP contribution >= 0.6 is 0 Å². The summed E-state index contributed by atoms with van der Waals surface area (Å²) in [7, 11) is 0. The molecule has 0 atom stereocenters. The van der Waals surface area contributed by atoms with Crippen LogP contribution in [-0.4, -0.2) is 14.4 Å². The molecule has 5 aromatic heterocycles. The summed E-state index contributed by atoms with van der Waals surface area (Å²) in [6, 6.07) is 13.9. The van der Waals surface area contributed by atoms with Crippen molar-refractivity contribution in [3.8, 4) is 0 Å². The van der Waals surface area contributed by atoms with Crippen LogP contribution in [0.4, 0.5) is 0 Å². The molecular formula is C48H53N3O. The van der Waals surface area contributed by atoms with Crippen molar-refractivity contribution in [2.75, 3.05) is 0 Å². The van der Waals surface area contributed by atoms with E-state index in [-0.39, 0.29) is 27.1 Å². The monoisotopic (exact) mass is 687 g/mol. The van der Waals surface area contributed by atoms with Gasteiger partial charge in [0.1, 0.15) is 11.2 Å². The van der Waals surface area contributed by atoms with Crippen LogP contribution in [0.3, 0.4) is 0 Å². The molecule has 0 amide bonds. The highest BCUT2D eigenvalue weighted by molar-refractivity contribution is 6.34. The Morgan fingerprint density at radius 1 is 0.596 bits per heavy atom. The van der Waals surface area contributed by atoms with Gasteiger partial charge in [-0.3, -0.25) is 9.97 Å². The molecule has 0 saturated heterocycles. The first-order valence-corrected chi connectivity index (χ1v) is 19.8. The van der Waals surface area contributed by atoms with Crippen LogP contribution in [-0.2, 0) is 27.1 Å². The lowest BCUT2D eigenvalue weighted by molar-refractivity contribution is 0.430. The summed E-state index contributed by atoms with van der Waals surface area (Å²) in [5.74, 6) is 0.